The molecule has 2 aromatic carbocycles. The van der Waals surface area contributed by atoms with Crippen molar-refractivity contribution in [1.29, 1.82) is 0 Å². The first-order valence-corrected chi connectivity index (χ1v) is 8.65. The van der Waals surface area contributed by atoms with E-state index in [-0.39, 0.29) is 46.2 Å². The number of hydrogen-bond acceptors (Lipinski definition) is 3. The summed E-state index contributed by atoms with van der Waals surface area (Å²) >= 11 is 6.25. The first kappa shape index (κ1) is 19.0. The van der Waals surface area contributed by atoms with Gasteiger partial charge in [-0.3, -0.25) is 0 Å². The summed E-state index contributed by atoms with van der Waals surface area (Å²) < 4.78 is 46.9. The second-order valence-corrected chi connectivity index (χ2v) is 6.62. The minimum atomic E-state index is -4.91. The van der Waals surface area contributed by atoms with Crippen molar-refractivity contribution in [3.05, 3.63) is 52.5 Å². The molecule has 0 saturated carbocycles. The molecular weight excluding hydrogens is 369 g/mol. The fourth-order valence-electron chi connectivity index (χ4n) is 3.27. The first-order chi connectivity index (χ1) is 12.3. The van der Waals surface area contributed by atoms with E-state index in [2.05, 4.69) is 0 Å². The molecule has 1 aliphatic rings. The van der Waals surface area contributed by atoms with Gasteiger partial charge < -0.3 is 14.9 Å². The molecule has 3 nitrogen and oxygen atoms in total. The van der Waals surface area contributed by atoms with Crippen molar-refractivity contribution in [2.45, 2.75) is 31.0 Å². The minimum Gasteiger partial charge on any atom is -0.494 e. The van der Waals surface area contributed by atoms with E-state index in [1.54, 1.807) is 6.07 Å². The molecule has 0 heterocycles. The Morgan fingerprint density at radius 2 is 1.77 bits per heavy atom. The van der Waals surface area contributed by atoms with Crippen LogP contribution >= 0.6 is 11.6 Å². The van der Waals surface area contributed by atoms with Gasteiger partial charge in [0.15, 0.2) is 0 Å². The molecule has 0 fully saturated rings. The van der Waals surface area contributed by atoms with Gasteiger partial charge in [0.2, 0.25) is 5.60 Å². The van der Waals surface area contributed by atoms with Crippen molar-refractivity contribution >= 4 is 11.6 Å². The van der Waals surface area contributed by atoms with Crippen molar-refractivity contribution in [2.24, 2.45) is 0 Å². The van der Waals surface area contributed by atoms with Crippen LogP contribution in [0, 0.1) is 0 Å². The fraction of sp³-hybridized carbons (Fsp3) is 0.368. The van der Waals surface area contributed by atoms with Gasteiger partial charge in [-0.05, 0) is 37.0 Å². The van der Waals surface area contributed by atoms with Crippen LogP contribution in [0.5, 0.6) is 5.75 Å². The lowest BCUT2D eigenvalue weighted by Gasteiger charge is -2.28. The molecule has 0 amide bonds. The van der Waals surface area contributed by atoms with Crippen LogP contribution in [0.2, 0.25) is 5.02 Å². The van der Waals surface area contributed by atoms with Crippen molar-refractivity contribution in [3.63, 3.8) is 0 Å². The molecule has 0 saturated heterocycles. The lowest BCUT2D eigenvalue weighted by Crippen LogP contribution is -2.41. The Morgan fingerprint density at radius 3 is 2.46 bits per heavy atom. The third-order valence-electron chi connectivity index (χ3n) is 4.52. The third kappa shape index (κ3) is 3.06. The van der Waals surface area contributed by atoms with Crippen molar-refractivity contribution in [3.8, 4) is 16.9 Å². The molecule has 0 spiro atoms. The zero-order chi connectivity index (χ0) is 18.9. The summed E-state index contributed by atoms with van der Waals surface area (Å²) in [5.41, 5.74) is -3.23. The van der Waals surface area contributed by atoms with E-state index >= 15 is 0 Å². The number of fused-ring (bicyclic) bond motifs is 3. The second-order valence-electron chi connectivity index (χ2n) is 6.21. The van der Waals surface area contributed by atoms with E-state index in [1.807, 2.05) is 0 Å². The molecule has 26 heavy (non-hydrogen) atoms. The lowest BCUT2D eigenvalue weighted by atomic mass is 9.90. The summed E-state index contributed by atoms with van der Waals surface area (Å²) in [6.07, 6.45) is -2.87. The first-order valence-electron chi connectivity index (χ1n) is 8.27. The summed E-state index contributed by atoms with van der Waals surface area (Å²) in [6, 6.07) is 8.50. The van der Waals surface area contributed by atoms with Crippen LogP contribution in [-0.2, 0) is 5.60 Å². The van der Waals surface area contributed by atoms with Crippen molar-refractivity contribution in [2.75, 3.05) is 13.2 Å². The maximum atomic E-state index is 13.8. The normalized spacial score (nSPS) is 18.5. The highest BCUT2D eigenvalue weighted by atomic mass is 35.5. The van der Waals surface area contributed by atoms with Crippen LogP contribution in [-0.4, -0.2) is 29.6 Å². The smallest absolute Gasteiger partial charge is 0.425 e. The Bertz CT molecular complexity index is 807. The van der Waals surface area contributed by atoms with Gasteiger partial charge in [0.25, 0.3) is 0 Å². The van der Waals surface area contributed by atoms with Crippen molar-refractivity contribution in [1.82, 2.24) is 0 Å². The molecule has 0 aliphatic heterocycles. The number of unbranched alkanes of at least 4 members (excludes halogenated alkanes) is 2. The van der Waals surface area contributed by atoms with Gasteiger partial charge in [-0.15, -0.1) is 0 Å². The Balaban J connectivity index is 2.01. The van der Waals surface area contributed by atoms with Gasteiger partial charge in [0.05, 0.1) is 11.6 Å². The molecular formula is C19H18ClF3O3. The zero-order valence-electron chi connectivity index (χ0n) is 13.8. The van der Waals surface area contributed by atoms with Crippen LogP contribution in [0.3, 0.4) is 0 Å². The summed E-state index contributed by atoms with van der Waals surface area (Å²) in [5, 5.41) is 19.5. The van der Waals surface area contributed by atoms with Crippen LogP contribution in [0.25, 0.3) is 11.1 Å². The zero-order valence-corrected chi connectivity index (χ0v) is 14.6. The summed E-state index contributed by atoms with van der Waals surface area (Å²) in [6.45, 7) is 0.369. The van der Waals surface area contributed by atoms with Crippen LogP contribution in [0.1, 0.15) is 30.4 Å². The van der Waals surface area contributed by atoms with E-state index in [0.29, 0.717) is 12.8 Å². The molecule has 3 rings (SSSR count). The maximum absolute atomic E-state index is 13.8. The highest BCUT2D eigenvalue weighted by Gasteiger charge is 2.61. The average molecular weight is 387 g/mol. The van der Waals surface area contributed by atoms with Gasteiger partial charge in [-0.2, -0.15) is 13.2 Å². The third-order valence-corrected chi connectivity index (χ3v) is 4.82. The maximum Gasteiger partial charge on any atom is 0.425 e. The van der Waals surface area contributed by atoms with Crippen molar-refractivity contribution < 1.29 is 28.1 Å². The van der Waals surface area contributed by atoms with E-state index in [9.17, 15) is 18.3 Å². The number of alkyl halides is 3. The molecule has 0 bridgehead atoms. The topological polar surface area (TPSA) is 49.7 Å². The number of rotatable bonds is 6. The van der Waals surface area contributed by atoms with Gasteiger partial charge in [0.1, 0.15) is 5.75 Å². The van der Waals surface area contributed by atoms with E-state index in [0.717, 1.165) is 6.42 Å². The number of benzene rings is 2. The molecule has 1 aliphatic carbocycles. The summed E-state index contributed by atoms with van der Waals surface area (Å²) in [4.78, 5) is 0. The monoisotopic (exact) mass is 386 g/mol. The number of halogens is 4. The highest BCUT2D eigenvalue weighted by Crippen LogP contribution is 2.57. The predicted octanol–water partition coefficient (Wildman–Crippen LogP) is 4.66. The Kier molecular flexibility index (Phi) is 5.19. The number of hydrogen-bond donors (Lipinski definition) is 2. The second kappa shape index (κ2) is 7.10. The number of aliphatic hydroxyl groups is 2. The molecule has 7 heteroatoms. The molecule has 1 atom stereocenters. The minimum absolute atomic E-state index is 0.0849. The molecule has 0 aromatic heterocycles. The van der Waals surface area contributed by atoms with Gasteiger partial charge in [-0.1, -0.05) is 35.9 Å². The Hall–Kier alpha value is -1.76. The van der Waals surface area contributed by atoms with E-state index in [1.165, 1.54) is 30.3 Å². The summed E-state index contributed by atoms with van der Waals surface area (Å²) in [7, 11) is 0. The molecule has 2 aromatic rings. The highest BCUT2D eigenvalue weighted by molar-refractivity contribution is 6.34. The van der Waals surface area contributed by atoms with Crippen LogP contribution < -0.4 is 4.74 Å². The lowest BCUT2D eigenvalue weighted by molar-refractivity contribution is -0.246. The molecule has 1 unspecified atom stereocenters. The number of aliphatic hydroxyl groups excluding tert-OH is 1. The van der Waals surface area contributed by atoms with E-state index < -0.39 is 11.8 Å². The quantitative estimate of drug-likeness (QED) is 0.710. The van der Waals surface area contributed by atoms with Gasteiger partial charge in [-0.25, -0.2) is 0 Å². The Morgan fingerprint density at radius 1 is 1.04 bits per heavy atom. The van der Waals surface area contributed by atoms with Crippen LogP contribution in [0.15, 0.2) is 36.4 Å². The summed E-state index contributed by atoms with van der Waals surface area (Å²) in [5.74, 6) is 0.174. The molecule has 140 valence electrons. The Labute approximate surface area is 154 Å². The number of ether oxygens (including phenoxy) is 1. The molecule has 2 N–H and O–H groups in total. The molecule has 0 radical (unpaired) electrons. The largest absolute Gasteiger partial charge is 0.494 e. The SMILES string of the molecule is OCCCCCOc1cc(Cl)c2c(c1)C(O)(C(F)(F)F)c1ccccc1-2. The standard InChI is InChI=1S/C19H18ClF3O3/c20-16-11-12(26-9-5-1-4-8-24)10-15-17(16)13-6-2-3-7-14(13)18(15,25)19(21,22)23/h2-3,6-7,10-11,24-25H,1,4-5,8-9H2. The predicted molar refractivity (Wildman–Crippen MR) is 92.4 cm³/mol. The van der Waals surface area contributed by atoms with Gasteiger partial charge in [0, 0.05) is 23.3 Å². The van der Waals surface area contributed by atoms with E-state index in [4.69, 9.17) is 21.4 Å². The van der Waals surface area contributed by atoms with Gasteiger partial charge >= 0.3 is 6.18 Å². The van der Waals surface area contributed by atoms with Crippen LogP contribution in [0.4, 0.5) is 13.2 Å². The average Bonchev–Trinajstić information content (AvgIpc) is 2.86. The fourth-order valence-corrected chi connectivity index (χ4v) is 3.58.